The first-order valence-electron chi connectivity index (χ1n) is 9.62. The van der Waals surface area contributed by atoms with Crippen molar-refractivity contribution in [3.63, 3.8) is 0 Å². The van der Waals surface area contributed by atoms with E-state index in [2.05, 4.69) is 34.6 Å². The first-order valence-corrected chi connectivity index (χ1v) is 10.0. The van der Waals surface area contributed by atoms with Crippen LogP contribution >= 0.6 is 12.2 Å². The Morgan fingerprint density at radius 2 is 1.90 bits per heavy atom. The number of pyridine rings is 1. The van der Waals surface area contributed by atoms with Crippen LogP contribution in [0.3, 0.4) is 0 Å². The van der Waals surface area contributed by atoms with E-state index in [0.717, 1.165) is 54.3 Å². The maximum Gasteiger partial charge on any atom is 0.171 e. The van der Waals surface area contributed by atoms with Crippen LogP contribution < -0.4 is 15.5 Å². The molecule has 1 fully saturated rings. The summed E-state index contributed by atoms with van der Waals surface area (Å²) in [4.78, 5) is 7.09. The Balaban J connectivity index is 1.44. The highest BCUT2D eigenvalue weighted by molar-refractivity contribution is 7.80. The second kappa shape index (κ2) is 8.71. The summed E-state index contributed by atoms with van der Waals surface area (Å²) in [7, 11) is 0. The van der Waals surface area contributed by atoms with Gasteiger partial charge in [0.1, 0.15) is 11.6 Å². The number of thiocarbonyl (C=S) groups is 1. The lowest BCUT2D eigenvalue weighted by Gasteiger charge is -2.28. The van der Waals surface area contributed by atoms with Crippen LogP contribution in [0.2, 0.25) is 0 Å². The topological polar surface area (TPSA) is 49.4 Å². The Bertz CT molecular complexity index is 1020. The van der Waals surface area contributed by atoms with E-state index in [1.165, 1.54) is 17.7 Å². The van der Waals surface area contributed by atoms with Gasteiger partial charge in [0.05, 0.1) is 18.7 Å². The van der Waals surface area contributed by atoms with Crippen molar-refractivity contribution < 1.29 is 9.13 Å². The SMILES string of the molecule is Cc1cc(N2CCOCC2)nc2ccc(NC(=S)NCc3ccc(F)cc3)cc12. The molecule has 3 aromatic rings. The van der Waals surface area contributed by atoms with Crippen LogP contribution in [-0.2, 0) is 11.3 Å². The maximum atomic E-state index is 13.0. The standard InChI is InChI=1S/C22H23FN4OS/c1-15-12-21(27-8-10-28-11-9-27)26-20-7-6-18(13-19(15)20)25-22(29)24-14-16-2-4-17(23)5-3-16/h2-7,12-13H,8-11,14H2,1H3,(H2,24,25,29). The molecule has 150 valence electrons. The summed E-state index contributed by atoms with van der Waals surface area (Å²) in [6.07, 6.45) is 0. The van der Waals surface area contributed by atoms with Gasteiger partial charge >= 0.3 is 0 Å². The third kappa shape index (κ3) is 4.81. The summed E-state index contributed by atoms with van der Waals surface area (Å²) >= 11 is 5.39. The number of morpholine rings is 1. The van der Waals surface area contributed by atoms with E-state index >= 15 is 0 Å². The first-order chi connectivity index (χ1) is 14.1. The fraction of sp³-hybridized carbons (Fsp3) is 0.273. The molecule has 4 rings (SSSR count). The van der Waals surface area contributed by atoms with Gasteiger partial charge in [-0.25, -0.2) is 9.37 Å². The molecule has 2 N–H and O–H groups in total. The second-order valence-electron chi connectivity index (χ2n) is 7.06. The van der Waals surface area contributed by atoms with Gasteiger partial charge in [0.15, 0.2) is 5.11 Å². The van der Waals surface area contributed by atoms with Crippen LogP contribution in [0.4, 0.5) is 15.9 Å². The minimum absolute atomic E-state index is 0.244. The molecule has 2 heterocycles. The Labute approximate surface area is 174 Å². The lowest BCUT2D eigenvalue weighted by Crippen LogP contribution is -2.36. The Morgan fingerprint density at radius 1 is 1.14 bits per heavy atom. The van der Waals surface area contributed by atoms with E-state index < -0.39 is 0 Å². The van der Waals surface area contributed by atoms with Gasteiger partial charge in [-0.05, 0) is 66.7 Å². The molecule has 1 aliphatic rings. The van der Waals surface area contributed by atoms with E-state index in [9.17, 15) is 4.39 Å². The van der Waals surface area contributed by atoms with E-state index in [0.29, 0.717) is 11.7 Å². The Hall–Kier alpha value is -2.77. The molecule has 7 heteroatoms. The van der Waals surface area contributed by atoms with E-state index in [4.69, 9.17) is 21.9 Å². The lowest BCUT2D eigenvalue weighted by molar-refractivity contribution is 0.122. The molecule has 0 saturated carbocycles. The van der Waals surface area contributed by atoms with Crippen molar-refractivity contribution >= 4 is 39.7 Å². The molecule has 1 aliphatic heterocycles. The van der Waals surface area contributed by atoms with Gasteiger partial charge in [-0.15, -0.1) is 0 Å². The summed E-state index contributed by atoms with van der Waals surface area (Å²) in [5.74, 6) is 0.752. The molecule has 0 unspecified atom stereocenters. The third-order valence-corrected chi connectivity index (χ3v) is 5.21. The summed E-state index contributed by atoms with van der Waals surface area (Å²) in [6.45, 7) is 5.84. The molecule has 1 aromatic heterocycles. The average molecular weight is 411 g/mol. The van der Waals surface area contributed by atoms with Crippen LogP contribution in [0.1, 0.15) is 11.1 Å². The quantitative estimate of drug-likeness (QED) is 0.634. The fourth-order valence-corrected chi connectivity index (χ4v) is 3.56. The van der Waals surface area contributed by atoms with Crippen LogP contribution in [-0.4, -0.2) is 36.4 Å². The van der Waals surface area contributed by atoms with Crippen molar-refractivity contribution in [2.45, 2.75) is 13.5 Å². The molecule has 0 bridgehead atoms. The van der Waals surface area contributed by atoms with Gasteiger partial charge in [-0.3, -0.25) is 0 Å². The van der Waals surface area contributed by atoms with Crippen molar-refractivity contribution in [1.29, 1.82) is 0 Å². The second-order valence-corrected chi connectivity index (χ2v) is 7.47. The third-order valence-electron chi connectivity index (χ3n) is 4.96. The normalized spacial score (nSPS) is 14.1. The smallest absolute Gasteiger partial charge is 0.171 e. The highest BCUT2D eigenvalue weighted by Gasteiger charge is 2.14. The van der Waals surface area contributed by atoms with Crippen molar-refractivity contribution in [3.8, 4) is 0 Å². The molecule has 0 atom stereocenters. The number of ether oxygens (including phenoxy) is 1. The summed E-state index contributed by atoms with van der Waals surface area (Å²) in [5, 5.41) is 7.97. The van der Waals surface area contributed by atoms with Crippen molar-refractivity contribution in [3.05, 3.63) is 65.5 Å². The van der Waals surface area contributed by atoms with Crippen LogP contribution in [0.5, 0.6) is 0 Å². The molecule has 2 aromatic carbocycles. The molecule has 5 nitrogen and oxygen atoms in total. The highest BCUT2D eigenvalue weighted by Crippen LogP contribution is 2.25. The molecule has 0 amide bonds. The number of halogens is 1. The predicted octanol–water partition coefficient (Wildman–Crippen LogP) is 4.01. The fourth-order valence-electron chi connectivity index (χ4n) is 3.37. The Kier molecular flexibility index (Phi) is 5.87. The number of rotatable bonds is 4. The molecule has 1 saturated heterocycles. The van der Waals surface area contributed by atoms with Crippen LogP contribution in [0, 0.1) is 12.7 Å². The van der Waals surface area contributed by atoms with Gasteiger partial charge in [-0.2, -0.15) is 0 Å². The summed E-state index contributed by atoms with van der Waals surface area (Å²) < 4.78 is 18.4. The zero-order chi connectivity index (χ0) is 20.2. The summed E-state index contributed by atoms with van der Waals surface area (Å²) in [5.41, 5.74) is 4.00. The van der Waals surface area contributed by atoms with E-state index in [-0.39, 0.29) is 5.82 Å². The van der Waals surface area contributed by atoms with Gasteiger partial charge in [0, 0.05) is 30.7 Å². The predicted molar refractivity (Wildman–Crippen MR) is 119 cm³/mol. The van der Waals surface area contributed by atoms with Gasteiger partial charge < -0.3 is 20.3 Å². The number of anilines is 2. The molecular formula is C22H23FN4OS. The van der Waals surface area contributed by atoms with Crippen molar-refractivity contribution in [2.75, 3.05) is 36.5 Å². The Morgan fingerprint density at radius 3 is 2.66 bits per heavy atom. The number of fused-ring (bicyclic) bond motifs is 1. The van der Waals surface area contributed by atoms with Gasteiger partial charge in [0.2, 0.25) is 0 Å². The monoisotopic (exact) mass is 410 g/mol. The molecule has 0 aliphatic carbocycles. The summed E-state index contributed by atoms with van der Waals surface area (Å²) in [6, 6.07) is 14.5. The largest absolute Gasteiger partial charge is 0.378 e. The zero-order valence-electron chi connectivity index (χ0n) is 16.2. The molecule has 0 spiro atoms. The number of nitrogens with zero attached hydrogens (tertiary/aromatic N) is 2. The van der Waals surface area contributed by atoms with E-state index in [1.54, 1.807) is 12.1 Å². The lowest BCUT2D eigenvalue weighted by atomic mass is 10.1. The number of hydrogen-bond acceptors (Lipinski definition) is 4. The van der Waals surface area contributed by atoms with Crippen molar-refractivity contribution in [2.24, 2.45) is 0 Å². The minimum atomic E-state index is -0.244. The number of aromatic nitrogens is 1. The average Bonchev–Trinajstić information content (AvgIpc) is 2.74. The number of nitrogens with one attached hydrogen (secondary N) is 2. The van der Waals surface area contributed by atoms with Gasteiger partial charge in [-0.1, -0.05) is 12.1 Å². The van der Waals surface area contributed by atoms with E-state index in [1.807, 2.05) is 12.1 Å². The molecular weight excluding hydrogens is 387 g/mol. The minimum Gasteiger partial charge on any atom is -0.378 e. The van der Waals surface area contributed by atoms with Crippen LogP contribution in [0.25, 0.3) is 10.9 Å². The molecule has 29 heavy (non-hydrogen) atoms. The zero-order valence-corrected chi connectivity index (χ0v) is 17.1. The van der Waals surface area contributed by atoms with Gasteiger partial charge in [0.25, 0.3) is 0 Å². The van der Waals surface area contributed by atoms with Crippen molar-refractivity contribution in [1.82, 2.24) is 10.3 Å². The first kappa shape index (κ1) is 19.5. The number of benzene rings is 2. The number of aryl methyl sites for hydroxylation is 1. The molecule has 0 radical (unpaired) electrons. The highest BCUT2D eigenvalue weighted by atomic mass is 32.1. The number of hydrogen-bond donors (Lipinski definition) is 2. The van der Waals surface area contributed by atoms with Crippen LogP contribution in [0.15, 0.2) is 48.5 Å². The maximum absolute atomic E-state index is 13.0.